The van der Waals surface area contributed by atoms with E-state index >= 15 is 0 Å². The molecule has 0 saturated heterocycles. The molecule has 20 heavy (non-hydrogen) atoms. The highest BCUT2D eigenvalue weighted by Crippen LogP contribution is 2.36. The molecule has 0 N–H and O–H groups in total. The molecule has 5 heteroatoms. The fourth-order valence-electron chi connectivity index (χ4n) is 2.32. The van der Waals surface area contributed by atoms with Gasteiger partial charge in [0.05, 0.1) is 13.2 Å². The normalized spacial score (nSPS) is 16.9. The highest BCUT2D eigenvalue weighted by molar-refractivity contribution is 5.50. The number of halogens is 2. The Balaban J connectivity index is 2.12. The SMILES string of the molecule is CCCCOCc1ccc2c(c1)C(F)(F)CN(C=O)C2. The summed E-state index contributed by atoms with van der Waals surface area (Å²) in [7, 11) is 0. The minimum atomic E-state index is -2.99. The van der Waals surface area contributed by atoms with Gasteiger partial charge in [-0.3, -0.25) is 4.79 Å². The highest BCUT2D eigenvalue weighted by Gasteiger charge is 2.39. The average molecular weight is 283 g/mol. The van der Waals surface area contributed by atoms with Gasteiger partial charge in [-0.2, -0.15) is 8.78 Å². The zero-order chi connectivity index (χ0) is 14.6. The van der Waals surface area contributed by atoms with Crippen LogP contribution in [0.2, 0.25) is 0 Å². The monoisotopic (exact) mass is 283 g/mol. The van der Waals surface area contributed by atoms with Gasteiger partial charge < -0.3 is 9.64 Å². The van der Waals surface area contributed by atoms with Gasteiger partial charge in [0, 0.05) is 18.7 Å². The summed E-state index contributed by atoms with van der Waals surface area (Å²) >= 11 is 0. The maximum atomic E-state index is 14.0. The van der Waals surface area contributed by atoms with E-state index in [0.29, 0.717) is 25.2 Å². The molecular formula is C15H19F2NO2. The van der Waals surface area contributed by atoms with Crippen LogP contribution in [0.25, 0.3) is 0 Å². The van der Waals surface area contributed by atoms with Crippen LogP contribution in [0.15, 0.2) is 18.2 Å². The molecule has 0 aliphatic carbocycles. The highest BCUT2D eigenvalue weighted by atomic mass is 19.3. The number of alkyl halides is 2. The number of carbonyl (C=O) groups is 1. The summed E-state index contributed by atoms with van der Waals surface area (Å²) in [6.45, 7) is 2.75. The average Bonchev–Trinajstić information content (AvgIpc) is 2.43. The quantitative estimate of drug-likeness (QED) is 0.593. The first kappa shape index (κ1) is 14.9. The predicted molar refractivity (Wildman–Crippen MR) is 71.4 cm³/mol. The summed E-state index contributed by atoms with van der Waals surface area (Å²) in [6.07, 6.45) is 2.48. The third-order valence-corrected chi connectivity index (χ3v) is 3.40. The summed E-state index contributed by atoms with van der Waals surface area (Å²) in [5.41, 5.74) is 1.27. The first-order valence-corrected chi connectivity index (χ1v) is 6.84. The molecule has 0 aromatic heterocycles. The third kappa shape index (κ3) is 3.33. The maximum absolute atomic E-state index is 14.0. The molecule has 0 fully saturated rings. The van der Waals surface area contributed by atoms with Crippen molar-refractivity contribution in [2.45, 2.75) is 38.8 Å². The number of carbonyl (C=O) groups excluding carboxylic acids is 1. The molecule has 2 rings (SSSR count). The van der Waals surface area contributed by atoms with E-state index in [1.165, 1.54) is 6.07 Å². The van der Waals surface area contributed by atoms with Crippen molar-refractivity contribution in [3.8, 4) is 0 Å². The van der Waals surface area contributed by atoms with Gasteiger partial charge in [-0.15, -0.1) is 0 Å². The van der Waals surface area contributed by atoms with Crippen molar-refractivity contribution in [3.63, 3.8) is 0 Å². The van der Waals surface area contributed by atoms with Gasteiger partial charge in [0.15, 0.2) is 0 Å². The lowest BCUT2D eigenvalue weighted by Crippen LogP contribution is -2.39. The number of nitrogens with zero attached hydrogens (tertiary/aromatic N) is 1. The van der Waals surface area contributed by atoms with Gasteiger partial charge in [-0.05, 0) is 23.6 Å². The van der Waals surface area contributed by atoms with E-state index in [1.54, 1.807) is 12.1 Å². The number of hydrogen-bond donors (Lipinski definition) is 0. The summed E-state index contributed by atoms with van der Waals surface area (Å²) in [6, 6.07) is 4.95. The van der Waals surface area contributed by atoms with Gasteiger partial charge >= 0.3 is 0 Å². The number of unbranched alkanes of at least 4 members (excludes halogenated alkanes) is 1. The molecule has 1 aromatic carbocycles. The molecule has 0 atom stereocenters. The molecule has 1 aliphatic rings. The van der Waals surface area contributed by atoms with E-state index in [0.717, 1.165) is 23.3 Å². The molecule has 1 amide bonds. The van der Waals surface area contributed by atoms with Crippen LogP contribution < -0.4 is 0 Å². The predicted octanol–water partition coefficient (Wildman–Crippen LogP) is 3.07. The maximum Gasteiger partial charge on any atom is 0.290 e. The lowest BCUT2D eigenvalue weighted by molar-refractivity contribution is -0.127. The van der Waals surface area contributed by atoms with Crippen LogP contribution in [0.4, 0.5) is 8.78 Å². The molecule has 1 heterocycles. The Labute approximate surface area is 117 Å². The number of rotatable bonds is 6. The number of hydrogen-bond acceptors (Lipinski definition) is 2. The first-order chi connectivity index (χ1) is 9.56. The van der Waals surface area contributed by atoms with Crippen molar-refractivity contribution in [1.82, 2.24) is 4.90 Å². The van der Waals surface area contributed by atoms with Crippen LogP contribution in [-0.2, 0) is 28.6 Å². The molecule has 1 aromatic rings. The molecule has 3 nitrogen and oxygen atoms in total. The Morgan fingerprint density at radius 1 is 1.45 bits per heavy atom. The summed E-state index contributed by atoms with van der Waals surface area (Å²) in [5, 5.41) is 0. The third-order valence-electron chi connectivity index (χ3n) is 3.40. The summed E-state index contributed by atoms with van der Waals surface area (Å²) < 4.78 is 33.5. The second kappa shape index (κ2) is 6.31. The van der Waals surface area contributed by atoms with E-state index in [-0.39, 0.29) is 12.1 Å². The standard InChI is InChI=1S/C15H19F2NO2/c1-2-3-6-20-9-12-4-5-13-8-18(11-19)10-15(16,17)14(13)7-12/h4-5,7,11H,2-3,6,8-10H2,1H3. The second-order valence-corrected chi connectivity index (χ2v) is 5.11. The first-order valence-electron chi connectivity index (χ1n) is 6.84. The lowest BCUT2D eigenvalue weighted by atomic mass is 9.95. The van der Waals surface area contributed by atoms with Crippen LogP contribution in [0.1, 0.15) is 36.5 Å². The number of fused-ring (bicyclic) bond motifs is 1. The van der Waals surface area contributed by atoms with E-state index in [9.17, 15) is 13.6 Å². The van der Waals surface area contributed by atoms with Gasteiger partial charge in [0.1, 0.15) is 0 Å². The second-order valence-electron chi connectivity index (χ2n) is 5.11. The van der Waals surface area contributed by atoms with Gasteiger partial charge in [-0.25, -0.2) is 0 Å². The van der Waals surface area contributed by atoms with Crippen LogP contribution in [-0.4, -0.2) is 24.5 Å². The molecule has 1 aliphatic heterocycles. The Kier molecular flexibility index (Phi) is 4.70. The van der Waals surface area contributed by atoms with E-state index in [1.807, 2.05) is 0 Å². The van der Waals surface area contributed by atoms with Crippen LogP contribution in [0, 0.1) is 0 Å². The smallest absolute Gasteiger partial charge is 0.290 e. The van der Waals surface area contributed by atoms with E-state index in [4.69, 9.17) is 4.74 Å². The van der Waals surface area contributed by atoms with Crippen LogP contribution >= 0.6 is 0 Å². The van der Waals surface area contributed by atoms with Crippen LogP contribution in [0.3, 0.4) is 0 Å². The van der Waals surface area contributed by atoms with Gasteiger partial charge in [0.2, 0.25) is 6.41 Å². The zero-order valence-electron chi connectivity index (χ0n) is 11.6. The summed E-state index contributed by atoms with van der Waals surface area (Å²) in [5.74, 6) is -2.99. The molecule has 0 spiro atoms. The van der Waals surface area contributed by atoms with Crippen molar-refractivity contribution in [1.29, 1.82) is 0 Å². The fourth-order valence-corrected chi connectivity index (χ4v) is 2.32. The van der Waals surface area contributed by atoms with E-state index < -0.39 is 12.5 Å². The Morgan fingerprint density at radius 2 is 2.25 bits per heavy atom. The Hall–Kier alpha value is -1.49. The molecule has 0 unspecified atom stereocenters. The molecule has 0 radical (unpaired) electrons. The molecule has 110 valence electrons. The van der Waals surface area contributed by atoms with Gasteiger partial charge in [0.25, 0.3) is 5.92 Å². The molecule has 0 bridgehead atoms. The zero-order valence-corrected chi connectivity index (χ0v) is 11.6. The molecular weight excluding hydrogens is 264 g/mol. The fraction of sp³-hybridized carbons (Fsp3) is 0.533. The molecule has 0 saturated carbocycles. The lowest BCUT2D eigenvalue weighted by Gasteiger charge is -2.32. The van der Waals surface area contributed by atoms with Crippen molar-refractivity contribution < 1.29 is 18.3 Å². The number of amides is 1. The van der Waals surface area contributed by atoms with E-state index in [2.05, 4.69) is 6.92 Å². The van der Waals surface area contributed by atoms with Crippen molar-refractivity contribution in [3.05, 3.63) is 34.9 Å². The topological polar surface area (TPSA) is 29.5 Å². The van der Waals surface area contributed by atoms with Crippen molar-refractivity contribution in [2.24, 2.45) is 0 Å². The number of benzene rings is 1. The minimum Gasteiger partial charge on any atom is -0.377 e. The number of ether oxygens (including phenoxy) is 1. The van der Waals surface area contributed by atoms with Crippen molar-refractivity contribution in [2.75, 3.05) is 13.2 Å². The van der Waals surface area contributed by atoms with Crippen LogP contribution in [0.5, 0.6) is 0 Å². The van der Waals surface area contributed by atoms with Gasteiger partial charge in [-0.1, -0.05) is 25.5 Å². The summed E-state index contributed by atoms with van der Waals surface area (Å²) in [4.78, 5) is 11.8. The largest absolute Gasteiger partial charge is 0.377 e. The Bertz CT molecular complexity index is 477. The minimum absolute atomic E-state index is 0.0205. The van der Waals surface area contributed by atoms with Crippen molar-refractivity contribution >= 4 is 6.41 Å². The Morgan fingerprint density at radius 3 is 2.95 bits per heavy atom.